The first-order valence-corrected chi connectivity index (χ1v) is 5.66. The summed E-state index contributed by atoms with van der Waals surface area (Å²) in [5, 5.41) is 0. The molecule has 0 spiro atoms. The van der Waals surface area contributed by atoms with Gasteiger partial charge in [-0.2, -0.15) is 7.42 Å². The number of nitrogens with zero attached hydrogens (tertiary/aromatic N) is 2. The molecule has 0 heterocycles. The Morgan fingerprint density at radius 1 is 0.824 bits per heavy atom. The molecule has 0 aromatic rings. The van der Waals surface area contributed by atoms with Gasteiger partial charge in [-0.3, -0.25) is 8.37 Å². The molecule has 2 amide bonds. The Morgan fingerprint density at radius 2 is 1.06 bits per heavy atom. The first-order valence-electron chi connectivity index (χ1n) is 2.73. The molecule has 0 aromatic carbocycles. The van der Waals surface area contributed by atoms with Crippen molar-refractivity contribution < 1.29 is 26.4 Å². The fraction of sp³-hybridized carbons (Fsp3) is 0. The zero-order chi connectivity index (χ0) is 12.2. The van der Waals surface area contributed by atoms with E-state index in [0.717, 1.165) is 0 Å². The first-order chi connectivity index (χ1) is 6.65. The van der Waals surface area contributed by atoms with E-state index in [1.165, 1.54) is 0 Å². The van der Waals surface area contributed by atoms with Gasteiger partial charge in [0.2, 0.25) is 0 Å². The van der Waals surface area contributed by atoms with E-state index < -0.39 is 22.6 Å². The number of hydrogen-bond acceptors (Lipinski definition) is 10. The second-order valence-electron chi connectivity index (χ2n) is 1.69. The van der Waals surface area contributed by atoms with Crippen molar-refractivity contribution in [2.24, 2.45) is 0 Å². The minimum absolute atomic E-state index is 0. The summed E-state index contributed by atoms with van der Waals surface area (Å²) < 4.78 is 29.4. The number of rotatable bonds is 2. The molecule has 0 aromatic heterocycles. The monoisotopic (exact) mass is 360 g/mol. The van der Waals surface area contributed by atoms with Crippen molar-refractivity contribution in [1.82, 2.24) is 7.42 Å². The molecule has 0 aliphatic rings. The van der Waals surface area contributed by atoms with E-state index in [-0.39, 0.29) is 66.5 Å². The molecule has 0 atom stereocenters. The predicted octanol–water partition coefficient (Wildman–Crippen LogP) is -0.809. The van der Waals surface area contributed by atoms with Crippen LogP contribution in [-0.4, -0.2) is 87.1 Å². The van der Waals surface area contributed by atoms with Gasteiger partial charge in [-0.25, -0.2) is 9.59 Å². The van der Waals surface area contributed by atoms with E-state index in [1.807, 2.05) is 0 Å². The van der Waals surface area contributed by atoms with Crippen LogP contribution >= 0.6 is 51.3 Å². The summed E-state index contributed by atoms with van der Waals surface area (Å²) in [5.74, 6) is 0. The molecule has 0 aliphatic carbocycles. The Labute approximate surface area is 164 Å². The standard InChI is InChI=1S/C2H4N2O6S5.2Na.2H/c5-1(3(11)12)9-15(7,8)10-2(6)4(13)14;;;;/h11-14H;;;;. The van der Waals surface area contributed by atoms with Crippen LogP contribution in [0.3, 0.4) is 0 Å². The average Bonchev–Trinajstić information content (AvgIpc) is 2.01. The van der Waals surface area contributed by atoms with Crippen molar-refractivity contribution in [3.05, 3.63) is 0 Å². The predicted molar refractivity (Wildman–Crippen MR) is 75.8 cm³/mol. The molecule has 0 unspecified atom stereocenters. The van der Waals surface area contributed by atoms with Gasteiger partial charge in [0.25, 0.3) is 0 Å². The summed E-state index contributed by atoms with van der Waals surface area (Å²) in [6.07, 6.45) is -2.95. The molecule has 0 rings (SSSR count). The second kappa shape index (κ2) is 10.7. The fourth-order valence-corrected chi connectivity index (χ4v) is 1.17. The Bertz CT molecular complexity index is 329. The van der Waals surface area contributed by atoms with Crippen molar-refractivity contribution in [1.29, 1.82) is 0 Å². The van der Waals surface area contributed by atoms with E-state index in [9.17, 15) is 18.0 Å². The van der Waals surface area contributed by atoms with Crippen LogP contribution in [0.15, 0.2) is 0 Å². The van der Waals surface area contributed by atoms with Gasteiger partial charge in [0, 0.05) is 0 Å². The van der Waals surface area contributed by atoms with Gasteiger partial charge in [-0.1, -0.05) is 0 Å². The SMILES string of the molecule is O=C(OS(=O)(=O)OC(=O)N(S)S)N(S)S.[NaH].[NaH]. The van der Waals surface area contributed by atoms with Crippen LogP contribution in [0.1, 0.15) is 0 Å². The molecule has 0 N–H and O–H groups in total. The summed E-state index contributed by atoms with van der Waals surface area (Å²) in [6, 6.07) is 0. The van der Waals surface area contributed by atoms with E-state index in [1.54, 1.807) is 0 Å². The molecule has 0 bridgehead atoms. The zero-order valence-corrected chi connectivity index (χ0v) is 10.9. The third kappa shape index (κ3) is 11.4. The Balaban J connectivity index is -0.000000980. The van der Waals surface area contributed by atoms with E-state index >= 15 is 0 Å². The Morgan fingerprint density at radius 3 is 1.24 bits per heavy atom. The molecule has 0 saturated heterocycles. The third-order valence-electron chi connectivity index (χ3n) is 0.673. The van der Waals surface area contributed by atoms with Gasteiger partial charge in [0.05, 0.1) is 0 Å². The topological polar surface area (TPSA) is 93.2 Å². The number of hydrogen-bond donors (Lipinski definition) is 4. The summed E-state index contributed by atoms with van der Waals surface area (Å²) >= 11 is 13.3. The van der Waals surface area contributed by atoms with Crippen LogP contribution in [-0.2, 0) is 18.8 Å². The van der Waals surface area contributed by atoms with E-state index in [0.29, 0.717) is 0 Å². The van der Waals surface area contributed by atoms with Gasteiger partial charge < -0.3 is 0 Å². The second-order valence-corrected chi connectivity index (χ2v) is 5.07. The van der Waals surface area contributed by atoms with Crippen molar-refractivity contribution in [3.63, 3.8) is 0 Å². The number of thiol groups is 4. The van der Waals surface area contributed by atoms with Gasteiger partial charge in [-0.05, 0) is 51.3 Å². The average molecular weight is 360 g/mol. The van der Waals surface area contributed by atoms with Crippen LogP contribution in [0.25, 0.3) is 0 Å². The Kier molecular flexibility index (Phi) is 15.0. The maximum absolute atomic E-state index is 10.8. The van der Waals surface area contributed by atoms with Crippen LogP contribution in [0.2, 0.25) is 0 Å². The fourth-order valence-electron chi connectivity index (χ4n) is 0.258. The molecule has 92 valence electrons. The maximum atomic E-state index is 10.8. The summed E-state index contributed by atoms with van der Waals surface area (Å²) in [6.45, 7) is 0. The van der Waals surface area contributed by atoms with Crippen LogP contribution in [0.5, 0.6) is 0 Å². The number of amides is 2. The summed E-state index contributed by atoms with van der Waals surface area (Å²) in [4.78, 5) is 21.3. The van der Waals surface area contributed by atoms with Crippen molar-refractivity contribution in [2.75, 3.05) is 0 Å². The molecule has 0 radical (unpaired) electrons. The molecule has 17 heavy (non-hydrogen) atoms. The minimum atomic E-state index is -4.85. The van der Waals surface area contributed by atoms with Crippen LogP contribution in [0.4, 0.5) is 9.59 Å². The number of carbonyl (C=O) groups excluding carboxylic acids is 2. The molecule has 0 aliphatic heterocycles. The van der Waals surface area contributed by atoms with E-state index in [4.69, 9.17) is 0 Å². The first kappa shape index (κ1) is 23.9. The summed E-state index contributed by atoms with van der Waals surface area (Å²) in [7, 11) is -4.85. The number of carbonyl (C=O) groups is 2. The van der Waals surface area contributed by atoms with Crippen molar-refractivity contribution >= 4 is 133 Å². The van der Waals surface area contributed by atoms with Gasteiger partial charge in [-0.15, -0.1) is 8.42 Å². The molecular formula is C2H6N2Na2O6S5. The summed E-state index contributed by atoms with van der Waals surface area (Å²) in [5.41, 5.74) is 0. The molecule has 15 heteroatoms. The molecule has 8 nitrogen and oxygen atoms in total. The third-order valence-corrected chi connectivity index (χ3v) is 2.02. The van der Waals surface area contributed by atoms with Crippen molar-refractivity contribution in [3.8, 4) is 0 Å². The zero-order valence-electron chi connectivity index (χ0n) is 6.54. The van der Waals surface area contributed by atoms with Gasteiger partial charge in [0.15, 0.2) is 0 Å². The van der Waals surface area contributed by atoms with Gasteiger partial charge >= 0.3 is 81.7 Å². The van der Waals surface area contributed by atoms with E-state index in [2.05, 4.69) is 59.6 Å². The Hall–Kier alpha value is 1.89. The molecule has 0 fully saturated rings. The van der Waals surface area contributed by atoms with Gasteiger partial charge in [0.1, 0.15) is 0 Å². The molecular weight excluding hydrogens is 354 g/mol. The van der Waals surface area contributed by atoms with Crippen LogP contribution in [0, 0.1) is 0 Å². The molecule has 0 saturated carbocycles. The quantitative estimate of drug-likeness (QED) is 0.380. The van der Waals surface area contributed by atoms with Crippen LogP contribution < -0.4 is 0 Å². The van der Waals surface area contributed by atoms with Crippen molar-refractivity contribution in [2.45, 2.75) is 0 Å². The normalized spacial score (nSPS) is 9.18.